The maximum absolute atomic E-state index is 11.2. The number of ether oxygens (including phenoxy) is 1. The van der Waals surface area contributed by atoms with Crippen molar-refractivity contribution in [3.8, 4) is 0 Å². The largest absolute Gasteiger partial charge is 0.468 e. The van der Waals surface area contributed by atoms with E-state index in [1.54, 1.807) is 0 Å². The molecule has 0 amide bonds. The third-order valence-corrected chi connectivity index (χ3v) is 2.33. The summed E-state index contributed by atoms with van der Waals surface area (Å²) in [6, 6.07) is 7.37. The Morgan fingerprint density at radius 3 is 2.88 bits per heavy atom. The van der Waals surface area contributed by atoms with Gasteiger partial charge in [0.1, 0.15) is 6.04 Å². The predicted molar refractivity (Wildman–Crippen MR) is 64.0 cm³/mol. The normalized spacial score (nSPS) is 11.9. The van der Waals surface area contributed by atoms with Gasteiger partial charge in [-0.2, -0.15) is 0 Å². The minimum atomic E-state index is -0.594. The standard InChI is InChI=1S/C13H17NO2/c1-3-5-10-6-4-7-11(8-10)9-12(14)13(15)16-2/h3-4,6-8,12H,1,5,9,14H2,2H3/t12-/m0/s1. The number of hydrogen-bond donors (Lipinski definition) is 1. The van der Waals surface area contributed by atoms with Crippen LogP contribution in [0.3, 0.4) is 0 Å². The number of nitrogens with two attached hydrogens (primary N) is 1. The summed E-state index contributed by atoms with van der Waals surface area (Å²) in [6.07, 6.45) is 3.16. The summed E-state index contributed by atoms with van der Waals surface area (Å²) >= 11 is 0. The maximum atomic E-state index is 11.2. The van der Waals surface area contributed by atoms with E-state index in [1.807, 2.05) is 30.3 Å². The average Bonchev–Trinajstić information content (AvgIpc) is 2.29. The summed E-state index contributed by atoms with van der Waals surface area (Å²) in [5.74, 6) is -0.380. The zero-order valence-electron chi connectivity index (χ0n) is 9.48. The van der Waals surface area contributed by atoms with E-state index >= 15 is 0 Å². The molecular weight excluding hydrogens is 202 g/mol. The highest BCUT2D eigenvalue weighted by Gasteiger charge is 2.13. The van der Waals surface area contributed by atoms with Gasteiger partial charge in [-0.15, -0.1) is 6.58 Å². The molecule has 1 aromatic carbocycles. The number of hydrogen-bond acceptors (Lipinski definition) is 3. The molecule has 0 aliphatic rings. The third-order valence-electron chi connectivity index (χ3n) is 2.33. The lowest BCUT2D eigenvalue weighted by atomic mass is 10.0. The van der Waals surface area contributed by atoms with Gasteiger partial charge in [0.2, 0.25) is 0 Å². The van der Waals surface area contributed by atoms with Gasteiger partial charge in [-0.1, -0.05) is 30.3 Å². The Hall–Kier alpha value is -1.61. The maximum Gasteiger partial charge on any atom is 0.322 e. The monoisotopic (exact) mass is 219 g/mol. The molecule has 0 aliphatic heterocycles. The summed E-state index contributed by atoms with van der Waals surface area (Å²) < 4.78 is 4.58. The highest BCUT2D eigenvalue weighted by molar-refractivity contribution is 5.75. The Kier molecular flexibility index (Phi) is 4.73. The molecule has 0 radical (unpaired) electrons. The van der Waals surface area contributed by atoms with Crippen LogP contribution in [0.15, 0.2) is 36.9 Å². The number of rotatable bonds is 5. The lowest BCUT2D eigenvalue weighted by Crippen LogP contribution is -2.33. The van der Waals surface area contributed by atoms with Crippen LogP contribution in [0.1, 0.15) is 11.1 Å². The second kappa shape index (κ2) is 6.08. The first kappa shape index (κ1) is 12.5. The lowest BCUT2D eigenvalue weighted by molar-refractivity contribution is -0.142. The van der Waals surface area contributed by atoms with Crippen LogP contribution in [0.2, 0.25) is 0 Å². The Morgan fingerprint density at radius 1 is 1.56 bits per heavy atom. The smallest absolute Gasteiger partial charge is 0.322 e. The predicted octanol–water partition coefficient (Wildman–Crippen LogP) is 1.46. The molecule has 1 aromatic rings. The number of allylic oxidation sites excluding steroid dienone is 1. The van der Waals surface area contributed by atoms with Crippen molar-refractivity contribution in [1.82, 2.24) is 0 Å². The number of benzene rings is 1. The summed E-state index contributed by atoms with van der Waals surface area (Å²) in [7, 11) is 1.34. The van der Waals surface area contributed by atoms with Crippen LogP contribution in [0.5, 0.6) is 0 Å². The van der Waals surface area contributed by atoms with Gasteiger partial charge in [0.05, 0.1) is 7.11 Å². The first-order valence-electron chi connectivity index (χ1n) is 5.19. The van der Waals surface area contributed by atoms with E-state index in [4.69, 9.17) is 5.73 Å². The second-order valence-electron chi connectivity index (χ2n) is 3.65. The van der Waals surface area contributed by atoms with Crippen molar-refractivity contribution in [2.75, 3.05) is 7.11 Å². The average molecular weight is 219 g/mol. The highest BCUT2D eigenvalue weighted by atomic mass is 16.5. The zero-order valence-corrected chi connectivity index (χ0v) is 9.48. The van der Waals surface area contributed by atoms with Crippen LogP contribution in [-0.2, 0) is 22.4 Å². The van der Waals surface area contributed by atoms with Gasteiger partial charge in [-0.25, -0.2) is 0 Å². The van der Waals surface area contributed by atoms with Gasteiger partial charge in [-0.3, -0.25) is 4.79 Å². The first-order chi connectivity index (χ1) is 7.67. The number of esters is 1. The van der Waals surface area contributed by atoms with E-state index < -0.39 is 6.04 Å². The van der Waals surface area contributed by atoms with Gasteiger partial charge in [0.25, 0.3) is 0 Å². The van der Waals surface area contributed by atoms with Crippen molar-refractivity contribution in [2.24, 2.45) is 5.73 Å². The van der Waals surface area contributed by atoms with Crippen LogP contribution in [0.4, 0.5) is 0 Å². The third kappa shape index (κ3) is 3.51. The molecule has 0 bridgehead atoms. The topological polar surface area (TPSA) is 52.3 Å². The fourth-order valence-electron chi connectivity index (χ4n) is 1.54. The summed E-state index contributed by atoms with van der Waals surface area (Å²) in [5.41, 5.74) is 7.90. The van der Waals surface area contributed by atoms with Gasteiger partial charge >= 0.3 is 5.97 Å². The van der Waals surface area contributed by atoms with Crippen LogP contribution in [0, 0.1) is 0 Å². The van der Waals surface area contributed by atoms with Crippen LogP contribution < -0.4 is 5.73 Å². The van der Waals surface area contributed by atoms with Gasteiger partial charge < -0.3 is 10.5 Å². The molecule has 0 fully saturated rings. The molecule has 0 saturated heterocycles. The summed E-state index contributed by atoms with van der Waals surface area (Å²) in [5, 5.41) is 0. The van der Waals surface area contributed by atoms with E-state index in [2.05, 4.69) is 11.3 Å². The van der Waals surface area contributed by atoms with Gasteiger partial charge in [-0.05, 0) is 24.0 Å². The number of carbonyl (C=O) groups excluding carboxylic acids is 1. The molecule has 0 spiro atoms. The fourth-order valence-corrected chi connectivity index (χ4v) is 1.54. The molecule has 0 aromatic heterocycles. The molecule has 0 heterocycles. The van der Waals surface area contributed by atoms with Crippen LogP contribution in [-0.4, -0.2) is 19.1 Å². The molecule has 0 saturated carbocycles. The molecular formula is C13H17NO2. The molecule has 16 heavy (non-hydrogen) atoms. The number of carbonyl (C=O) groups is 1. The lowest BCUT2D eigenvalue weighted by Gasteiger charge is -2.09. The quantitative estimate of drug-likeness (QED) is 0.602. The van der Waals surface area contributed by atoms with Crippen molar-refractivity contribution in [2.45, 2.75) is 18.9 Å². The van der Waals surface area contributed by atoms with E-state index in [-0.39, 0.29) is 5.97 Å². The molecule has 0 aliphatic carbocycles. The Balaban J connectivity index is 2.69. The van der Waals surface area contributed by atoms with Crippen molar-refractivity contribution in [1.29, 1.82) is 0 Å². The molecule has 86 valence electrons. The highest BCUT2D eigenvalue weighted by Crippen LogP contribution is 2.08. The Bertz CT molecular complexity index is 374. The van der Waals surface area contributed by atoms with Crippen molar-refractivity contribution in [3.63, 3.8) is 0 Å². The molecule has 1 atom stereocenters. The summed E-state index contributed by atoms with van der Waals surface area (Å²) in [4.78, 5) is 11.2. The Morgan fingerprint density at radius 2 is 2.25 bits per heavy atom. The van der Waals surface area contributed by atoms with Gasteiger partial charge in [0, 0.05) is 0 Å². The zero-order chi connectivity index (χ0) is 12.0. The first-order valence-corrected chi connectivity index (χ1v) is 5.19. The Labute approximate surface area is 95.9 Å². The van der Waals surface area contributed by atoms with E-state index in [0.29, 0.717) is 6.42 Å². The minimum absolute atomic E-state index is 0.380. The van der Waals surface area contributed by atoms with Crippen LogP contribution >= 0.6 is 0 Å². The molecule has 3 heteroatoms. The number of methoxy groups -OCH3 is 1. The minimum Gasteiger partial charge on any atom is -0.468 e. The molecule has 1 rings (SSSR count). The van der Waals surface area contributed by atoms with E-state index in [9.17, 15) is 4.79 Å². The second-order valence-corrected chi connectivity index (χ2v) is 3.65. The fraction of sp³-hybridized carbons (Fsp3) is 0.308. The molecule has 0 unspecified atom stereocenters. The SMILES string of the molecule is C=CCc1cccc(C[C@H](N)C(=O)OC)c1. The summed E-state index contributed by atoms with van der Waals surface area (Å²) in [6.45, 7) is 3.69. The van der Waals surface area contributed by atoms with Gasteiger partial charge in [0.15, 0.2) is 0 Å². The molecule has 2 N–H and O–H groups in total. The van der Waals surface area contributed by atoms with Crippen molar-refractivity contribution in [3.05, 3.63) is 48.0 Å². The van der Waals surface area contributed by atoms with E-state index in [1.165, 1.54) is 12.7 Å². The van der Waals surface area contributed by atoms with Crippen molar-refractivity contribution < 1.29 is 9.53 Å². The van der Waals surface area contributed by atoms with Crippen molar-refractivity contribution >= 4 is 5.97 Å². The van der Waals surface area contributed by atoms with E-state index in [0.717, 1.165) is 12.0 Å². The van der Waals surface area contributed by atoms with Crippen LogP contribution in [0.25, 0.3) is 0 Å². The molecule has 3 nitrogen and oxygen atoms in total.